The maximum Gasteiger partial charge on any atom is 0.156 e. The Kier molecular flexibility index (Phi) is 3.33. The summed E-state index contributed by atoms with van der Waals surface area (Å²) in [7, 11) is 1.94. The van der Waals surface area contributed by atoms with E-state index in [1.54, 1.807) is 0 Å². The van der Waals surface area contributed by atoms with Crippen LogP contribution in [0.3, 0.4) is 0 Å². The molecule has 4 nitrogen and oxygen atoms in total. The van der Waals surface area contributed by atoms with Crippen LogP contribution in [-0.4, -0.2) is 15.3 Å². The van der Waals surface area contributed by atoms with Crippen molar-refractivity contribution < 1.29 is 4.42 Å². The number of hydrogen-bond acceptors (Lipinski definition) is 3. The minimum Gasteiger partial charge on any atom is -0.454 e. The summed E-state index contributed by atoms with van der Waals surface area (Å²) in [6.07, 6.45) is 2.04. The Hall–Kier alpha value is -2.07. The van der Waals surface area contributed by atoms with Gasteiger partial charge in [-0.15, -0.1) is 0 Å². The number of furan rings is 1. The number of aryl methyl sites for hydroxylation is 1. The maximum atomic E-state index is 5.94. The molecule has 0 amide bonds. The minimum atomic E-state index is 0.0704. The Morgan fingerprint density at radius 2 is 2.00 bits per heavy atom. The van der Waals surface area contributed by atoms with Crippen LogP contribution >= 0.6 is 0 Å². The molecule has 4 heteroatoms. The SMILES string of the molecule is Cn1cc(CNC(C)(C)C)c(-c2cc3ccccc3o2)n1. The molecule has 0 aliphatic heterocycles. The first-order valence-electron chi connectivity index (χ1n) is 7.19. The number of aromatic nitrogens is 2. The molecule has 0 aliphatic rings. The molecule has 3 aromatic rings. The topological polar surface area (TPSA) is 43.0 Å². The number of rotatable bonds is 3. The van der Waals surface area contributed by atoms with E-state index in [0.29, 0.717) is 0 Å². The van der Waals surface area contributed by atoms with E-state index in [1.807, 2.05) is 36.1 Å². The van der Waals surface area contributed by atoms with E-state index in [1.165, 1.54) is 0 Å². The van der Waals surface area contributed by atoms with Crippen LogP contribution in [-0.2, 0) is 13.6 Å². The first-order valence-corrected chi connectivity index (χ1v) is 7.19. The van der Waals surface area contributed by atoms with Gasteiger partial charge in [0, 0.05) is 36.3 Å². The second-order valence-electron chi connectivity index (χ2n) is 6.43. The highest BCUT2D eigenvalue weighted by Crippen LogP contribution is 2.29. The van der Waals surface area contributed by atoms with Gasteiger partial charge in [0.2, 0.25) is 0 Å². The lowest BCUT2D eigenvalue weighted by atomic mass is 10.1. The number of benzene rings is 1. The number of nitrogens with zero attached hydrogens (tertiary/aromatic N) is 2. The number of hydrogen-bond donors (Lipinski definition) is 1. The minimum absolute atomic E-state index is 0.0704. The normalized spacial score (nSPS) is 12.2. The summed E-state index contributed by atoms with van der Waals surface area (Å²) >= 11 is 0. The Balaban J connectivity index is 1.97. The zero-order chi connectivity index (χ0) is 15.0. The molecule has 1 aromatic carbocycles. The van der Waals surface area contributed by atoms with Crippen molar-refractivity contribution in [2.45, 2.75) is 32.9 Å². The molecular formula is C17H21N3O. The van der Waals surface area contributed by atoms with Crippen LogP contribution in [0.2, 0.25) is 0 Å². The molecule has 0 fully saturated rings. The summed E-state index contributed by atoms with van der Waals surface area (Å²) in [5.74, 6) is 0.822. The Bertz CT molecular complexity index is 729. The molecule has 0 unspecified atom stereocenters. The van der Waals surface area contributed by atoms with Gasteiger partial charge in [0.1, 0.15) is 11.3 Å². The third-order valence-corrected chi connectivity index (χ3v) is 3.37. The van der Waals surface area contributed by atoms with E-state index < -0.39 is 0 Å². The van der Waals surface area contributed by atoms with Gasteiger partial charge in [-0.1, -0.05) is 18.2 Å². The third-order valence-electron chi connectivity index (χ3n) is 3.37. The van der Waals surface area contributed by atoms with Gasteiger partial charge in [-0.2, -0.15) is 5.10 Å². The Labute approximate surface area is 124 Å². The number of fused-ring (bicyclic) bond motifs is 1. The van der Waals surface area contributed by atoms with Crippen molar-refractivity contribution in [3.8, 4) is 11.5 Å². The highest BCUT2D eigenvalue weighted by Gasteiger charge is 2.16. The second-order valence-corrected chi connectivity index (χ2v) is 6.43. The van der Waals surface area contributed by atoms with Gasteiger partial charge in [-0.3, -0.25) is 4.68 Å². The summed E-state index contributed by atoms with van der Waals surface area (Å²) in [6.45, 7) is 7.24. The molecule has 110 valence electrons. The van der Waals surface area contributed by atoms with Crippen LogP contribution < -0.4 is 5.32 Å². The van der Waals surface area contributed by atoms with Gasteiger partial charge in [0.05, 0.1) is 0 Å². The standard InChI is InChI=1S/C17H21N3O/c1-17(2,3)18-10-13-11-20(4)19-16(13)15-9-12-7-5-6-8-14(12)21-15/h5-9,11,18H,10H2,1-4H3. The van der Waals surface area contributed by atoms with Crippen molar-refractivity contribution in [1.29, 1.82) is 0 Å². The quantitative estimate of drug-likeness (QED) is 0.796. The van der Waals surface area contributed by atoms with Crippen LogP contribution in [0.4, 0.5) is 0 Å². The number of para-hydroxylation sites is 1. The Morgan fingerprint density at radius 1 is 1.24 bits per heavy atom. The van der Waals surface area contributed by atoms with E-state index in [9.17, 15) is 0 Å². The maximum absolute atomic E-state index is 5.94. The Morgan fingerprint density at radius 3 is 2.71 bits per heavy atom. The molecule has 0 bridgehead atoms. The van der Waals surface area contributed by atoms with E-state index in [4.69, 9.17) is 4.42 Å². The van der Waals surface area contributed by atoms with Crippen molar-refractivity contribution >= 4 is 11.0 Å². The summed E-state index contributed by atoms with van der Waals surface area (Å²) in [4.78, 5) is 0. The second kappa shape index (κ2) is 5.04. The molecule has 2 heterocycles. The van der Waals surface area contributed by atoms with Crippen molar-refractivity contribution in [3.63, 3.8) is 0 Å². The fourth-order valence-corrected chi connectivity index (χ4v) is 2.33. The van der Waals surface area contributed by atoms with Crippen molar-refractivity contribution in [2.24, 2.45) is 7.05 Å². The molecule has 1 N–H and O–H groups in total. The molecule has 2 aromatic heterocycles. The van der Waals surface area contributed by atoms with Crippen LogP contribution in [0.1, 0.15) is 26.3 Å². The zero-order valence-corrected chi connectivity index (χ0v) is 13.0. The van der Waals surface area contributed by atoms with Gasteiger partial charge in [0.25, 0.3) is 0 Å². The van der Waals surface area contributed by atoms with Crippen molar-refractivity contribution in [1.82, 2.24) is 15.1 Å². The zero-order valence-electron chi connectivity index (χ0n) is 13.0. The molecule has 0 atom stereocenters. The van der Waals surface area contributed by atoms with Gasteiger partial charge < -0.3 is 9.73 Å². The van der Waals surface area contributed by atoms with E-state index in [-0.39, 0.29) is 5.54 Å². The van der Waals surface area contributed by atoms with Gasteiger partial charge >= 0.3 is 0 Å². The lowest BCUT2D eigenvalue weighted by Gasteiger charge is -2.20. The molecule has 0 aliphatic carbocycles. The lowest BCUT2D eigenvalue weighted by molar-refractivity contribution is 0.424. The largest absolute Gasteiger partial charge is 0.454 e. The first-order chi connectivity index (χ1) is 9.92. The highest BCUT2D eigenvalue weighted by molar-refractivity contribution is 5.82. The smallest absolute Gasteiger partial charge is 0.156 e. The summed E-state index contributed by atoms with van der Waals surface area (Å²) < 4.78 is 7.77. The van der Waals surface area contributed by atoms with Gasteiger partial charge in [-0.05, 0) is 32.9 Å². The highest BCUT2D eigenvalue weighted by atomic mass is 16.3. The van der Waals surface area contributed by atoms with Crippen LogP contribution in [0.25, 0.3) is 22.4 Å². The molecule has 21 heavy (non-hydrogen) atoms. The number of nitrogens with one attached hydrogen (secondary N) is 1. The predicted octanol–water partition coefficient (Wildman–Crippen LogP) is 3.72. The molecular weight excluding hydrogens is 262 g/mol. The third kappa shape index (κ3) is 3.00. The van der Waals surface area contributed by atoms with Crippen LogP contribution in [0.15, 0.2) is 40.9 Å². The molecule has 0 saturated heterocycles. The fourth-order valence-electron chi connectivity index (χ4n) is 2.33. The average molecular weight is 283 g/mol. The monoisotopic (exact) mass is 283 g/mol. The van der Waals surface area contributed by atoms with Gasteiger partial charge in [-0.25, -0.2) is 0 Å². The van der Waals surface area contributed by atoms with Gasteiger partial charge in [0.15, 0.2) is 5.76 Å². The average Bonchev–Trinajstić information content (AvgIpc) is 2.98. The summed E-state index contributed by atoms with van der Waals surface area (Å²) in [5, 5.41) is 9.16. The van der Waals surface area contributed by atoms with E-state index in [2.05, 4.69) is 43.3 Å². The summed E-state index contributed by atoms with van der Waals surface area (Å²) in [6, 6.07) is 10.1. The molecule has 3 rings (SSSR count). The summed E-state index contributed by atoms with van der Waals surface area (Å²) in [5.41, 5.74) is 3.02. The van der Waals surface area contributed by atoms with E-state index >= 15 is 0 Å². The van der Waals surface area contributed by atoms with Crippen LogP contribution in [0.5, 0.6) is 0 Å². The molecule has 0 radical (unpaired) electrons. The van der Waals surface area contributed by atoms with Crippen LogP contribution in [0, 0.1) is 0 Å². The van der Waals surface area contributed by atoms with Crippen molar-refractivity contribution in [3.05, 3.63) is 42.1 Å². The lowest BCUT2D eigenvalue weighted by Crippen LogP contribution is -2.35. The first kappa shape index (κ1) is 13.9. The molecule has 0 saturated carbocycles. The van der Waals surface area contributed by atoms with E-state index in [0.717, 1.165) is 34.5 Å². The van der Waals surface area contributed by atoms with Crippen molar-refractivity contribution in [2.75, 3.05) is 0 Å². The fraction of sp³-hybridized carbons (Fsp3) is 0.353. The predicted molar refractivity (Wildman–Crippen MR) is 85.0 cm³/mol. The molecule has 0 spiro atoms.